The minimum Gasteiger partial charge on any atom is -0.461 e. The Morgan fingerprint density at radius 1 is 1.33 bits per heavy atom. The molecule has 3 N–H and O–H groups in total. The van der Waals surface area contributed by atoms with Gasteiger partial charge in [0.1, 0.15) is 0 Å². The first-order chi connectivity index (χ1) is 9.99. The highest BCUT2D eigenvalue weighted by atomic mass is 16.5. The monoisotopic (exact) mass is 297 g/mol. The third-order valence-corrected chi connectivity index (χ3v) is 2.61. The third-order valence-electron chi connectivity index (χ3n) is 2.61. The van der Waals surface area contributed by atoms with Gasteiger partial charge >= 0.3 is 12.0 Å². The number of carbonyl (C=O) groups excluding carboxylic acids is 3. The van der Waals surface area contributed by atoms with Gasteiger partial charge in [-0.25, -0.2) is 14.3 Å². The van der Waals surface area contributed by atoms with Crippen molar-refractivity contribution in [2.45, 2.75) is 39.7 Å². The van der Waals surface area contributed by atoms with Crippen molar-refractivity contribution >= 4 is 17.9 Å². The molecule has 0 atom stereocenters. The Balaban J connectivity index is 2.80. The van der Waals surface area contributed by atoms with Crippen LogP contribution in [0.3, 0.4) is 0 Å². The van der Waals surface area contributed by atoms with Crippen LogP contribution in [0, 0.1) is 0 Å². The Hall–Kier alpha value is -2.45. The van der Waals surface area contributed by atoms with Crippen LogP contribution in [0.4, 0.5) is 4.79 Å². The zero-order valence-electron chi connectivity index (χ0n) is 12.1. The zero-order valence-corrected chi connectivity index (χ0v) is 12.1. The molecule has 0 aliphatic carbocycles. The predicted octanol–water partition coefficient (Wildman–Crippen LogP) is -0.00770. The van der Waals surface area contributed by atoms with E-state index in [1.807, 2.05) is 12.2 Å². The maximum atomic E-state index is 11.8. The van der Waals surface area contributed by atoms with Gasteiger partial charge in [-0.05, 0) is 13.3 Å². The lowest BCUT2D eigenvalue weighted by atomic mass is 10.2. The number of imide groups is 1. The van der Waals surface area contributed by atoms with Crippen molar-refractivity contribution in [1.29, 1.82) is 0 Å². The van der Waals surface area contributed by atoms with Gasteiger partial charge in [-0.1, -0.05) is 18.6 Å². The Kier molecular flexibility index (Phi) is 6.31. The van der Waals surface area contributed by atoms with Crippen LogP contribution in [-0.4, -0.2) is 39.5 Å². The molecule has 9 heteroatoms. The zero-order chi connectivity index (χ0) is 15.8. The molecule has 0 spiro atoms. The first-order valence-electron chi connectivity index (χ1n) is 6.68. The van der Waals surface area contributed by atoms with Crippen LogP contribution in [0.1, 0.15) is 42.9 Å². The molecule has 0 fully saturated rings. The number of aryl methyl sites for hydroxylation is 1. The molecule has 1 aromatic rings. The molecule has 0 aromatic carbocycles. The van der Waals surface area contributed by atoms with Crippen molar-refractivity contribution in [2.75, 3.05) is 6.61 Å². The van der Waals surface area contributed by atoms with Gasteiger partial charge in [0.25, 0.3) is 0 Å². The Morgan fingerprint density at radius 3 is 2.62 bits per heavy atom. The summed E-state index contributed by atoms with van der Waals surface area (Å²) >= 11 is 0. The number of hydrogen-bond donors (Lipinski definition) is 2. The van der Waals surface area contributed by atoms with Crippen LogP contribution >= 0.6 is 0 Å². The fourth-order valence-electron chi connectivity index (χ4n) is 1.76. The summed E-state index contributed by atoms with van der Waals surface area (Å²) in [5.74, 6) is -1.05. The molecule has 0 unspecified atom stereocenters. The Bertz CT molecular complexity index is 526. The van der Waals surface area contributed by atoms with E-state index in [1.165, 1.54) is 4.68 Å². The fourth-order valence-corrected chi connectivity index (χ4v) is 1.76. The molecule has 0 aliphatic rings. The van der Waals surface area contributed by atoms with E-state index in [-0.39, 0.29) is 25.3 Å². The van der Waals surface area contributed by atoms with Crippen LogP contribution < -0.4 is 11.1 Å². The maximum Gasteiger partial charge on any atom is 0.360 e. The first kappa shape index (κ1) is 16.6. The number of aromatic nitrogens is 3. The fraction of sp³-hybridized carbons (Fsp3) is 0.583. The van der Waals surface area contributed by atoms with Gasteiger partial charge in [0.2, 0.25) is 5.91 Å². The standard InChI is InChI=1S/C12H19N5O4/c1-3-5-8-10(11(19)21-4-2)15-16-17(8)7-6-9(18)14-12(13)20/h3-7H2,1-2H3,(H3,13,14,18,20). The van der Waals surface area contributed by atoms with E-state index in [9.17, 15) is 14.4 Å². The van der Waals surface area contributed by atoms with Crippen LogP contribution in [0.25, 0.3) is 0 Å². The van der Waals surface area contributed by atoms with Crippen molar-refractivity contribution in [3.8, 4) is 0 Å². The summed E-state index contributed by atoms with van der Waals surface area (Å²) < 4.78 is 6.38. The van der Waals surface area contributed by atoms with E-state index in [4.69, 9.17) is 10.5 Å². The number of carbonyl (C=O) groups is 3. The van der Waals surface area contributed by atoms with Crippen molar-refractivity contribution in [3.63, 3.8) is 0 Å². The summed E-state index contributed by atoms with van der Waals surface area (Å²) in [4.78, 5) is 33.7. The quantitative estimate of drug-likeness (QED) is 0.681. The number of nitrogens with zero attached hydrogens (tertiary/aromatic N) is 3. The number of rotatable bonds is 7. The summed E-state index contributed by atoms with van der Waals surface area (Å²) in [6, 6.07) is -0.903. The van der Waals surface area contributed by atoms with Crippen molar-refractivity contribution < 1.29 is 19.1 Å². The number of esters is 1. The van der Waals surface area contributed by atoms with Crippen molar-refractivity contribution in [3.05, 3.63) is 11.4 Å². The predicted molar refractivity (Wildman–Crippen MR) is 72.3 cm³/mol. The van der Waals surface area contributed by atoms with Gasteiger partial charge < -0.3 is 10.5 Å². The van der Waals surface area contributed by atoms with Crippen LogP contribution in [0.15, 0.2) is 0 Å². The minimum atomic E-state index is -0.903. The molecule has 21 heavy (non-hydrogen) atoms. The van der Waals surface area contributed by atoms with Crippen LogP contribution in [0.5, 0.6) is 0 Å². The second kappa shape index (κ2) is 7.98. The van der Waals surface area contributed by atoms with Crippen molar-refractivity contribution in [2.24, 2.45) is 5.73 Å². The van der Waals surface area contributed by atoms with Gasteiger partial charge in [-0.2, -0.15) is 0 Å². The lowest BCUT2D eigenvalue weighted by Gasteiger charge is -2.06. The summed E-state index contributed by atoms with van der Waals surface area (Å²) in [5.41, 5.74) is 5.63. The minimum absolute atomic E-state index is 0.00524. The number of urea groups is 1. The lowest BCUT2D eigenvalue weighted by Crippen LogP contribution is -2.35. The first-order valence-corrected chi connectivity index (χ1v) is 6.68. The molecule has 0 aliphatic heterocycles. The molecule has 1 heterocycles. The summed E-state index contributed by atoms with van der Waals surface area (Å²) in [6.45, 7) is 4.10. The molecular formula is C12H19N5O4. The topological polar surface area (TPSA) is 129 Å². The molecular weight excluding hydrogens is 278 g/mol. The number of nitrogens with one attached hydrogen (secondary N) is 1. The second-order valence-electron chi connectivity index (χ2n) is 4.24. The van der Waals surface area contributed by atoms with E-state index >= 15 is 0 Å². The summed E-state index contributed by atoms with van der Waals surface area (Å²) in [6.07, 6.45) is 1.37. The van der Waals surface area contributed by atoms with E-state index < -0.39 is 17.9 Å². The van der Waals surface area contributed by atoms with E-state index in [0.29, 0.717) is 12.1 Å². The largest absolute Gasteiger partial charge is 0.461 e. The van der Waals surface area contributed by atoms with Gasteiger partial charge in [-0.15, -0.1) is 5.10 Å². The number of ether oxygens (including phenoxy) is 1. The van der Waals surface area contributed by atoms with Gasteiger partial charge in [0, 0.05) is 6.42 Å². The number of nitrogens with two attached hydrogens (primary N) is 1. The summed E-state index contributed by atoms with van der Waals surface area (Å²) in [5, 5.41) is 9.63. The van der Waals surface area contributed by atoms with E-state index in [2.05, 4.69) is 10.3 Å². The molecule has 1 aromatic heterocycles. The lowest BCUT2D eigenvalue weighted by molar-refractivity contribution is -0.120. The maximum absolute atomic E-state index is 11.8. The van der Waals surface area contributed by atoms with Gasteiger partial charge in [0.15, 0.2) is 5.69 Å². The molecule has 3 amide bonds. The number of hydrogen-bond acceptors (Lipinski definition) is 6. The highest BCUT2D eigenvalue weighted by Gasteiger charge is 2.20. The van der Waals surface area contributed by atoms with Crippen molar-refractivity contribution in [1.82, 2.24) is 20.3 Å². The molecule has 9 nitrogen and oxygen atoms in total. The average Bonchev–Trinajstić information content (AvgIpc) is 2.79. The van der Waals surface area contributed by atoms with E-state index in [1.54, 1.807) is 6.92 Å². The van der Waals surface area contributed by atoms with Crippen LogP contribution in [-0.2, 0) is 22.5 Å². The number of primary amides is 1. The molecule has 116 valence electrons. The molecule has 0 saturated carbocycles. The van der Waals surface area contributed by atoms with Gasteiger partial charge in [0.05, 0.1) is 18.8 Å². The summed E-state index contributed by atoms with van der Waals surface area (Å²) in [7, 11) is 0. The Labute approximate surface area is 121 Å². The average molecular weight is 297 g/mol. The molecule has 0 bridgehead atoms. The highest BCUT2D eigenvalue weighted by molar-refractivity contribution is 5.93. The SMILES string of the molecule is CCCc1c(C(=O)OCC)nnn1CCC(=O)NC(N)=O. The molecule has 0 saturated heterocycles. The second-order valence-corrected chi connectivity index (χ2v) is 4.24. The Morgan fingerprint density at radius 2 is 2.05 bits per heavy atom. The molecule has 0 radical (unpaired) electrons. The van der Waals surface area contributed by atoms with Crippen LogP contribution in [0.2, 0.25) is 0 Å². The highest BCUT2D eigenvalue weighted by Crippen LogP contribution is 2.10. The number of amides is 3. The third kappa shape index (κ3) is 4.86. The smallest absolute Gasteiger partial charge is 0.360 e. The molecule has 1 rings (SSSR count). The normalized spacial score (nSPS) is 10.2. The van der Waals surface area contributed by atoms with Gasteiger partial charge in [-0.3, -0.25) is 10.1 Å². The van der Waals surface area contributed by atoms with E-state index in [0.717, 1.165) is 6.42 Å².